The molecule has 3 nitrogen and oxygen atoms in total. The van der Waals surface area contributed by atoms with Crippen molar-refractivity contribution in [3.05, 3.63) is 90.5 Å². The van der Waals surface area contributed by atoms with Crippen LogP contribution in [0.5, 0.6) is 0 Å². The van der Waals surface area contributed by atoms with Crippen molar-refractivity contribution < 1.29 is 4.79 Å². The Kier molecular flexibility index (Phi) is 6.91. The van der Waals surface area contributed by atoms with E-state index in [1.54, 1.807) is 40.9 Å². The van der Waals surface area contributed by atoms with Crippen molar-refractivity contribution in [1.29, 1.82) is 5.26 Å². The second-order valence-electron chi connectivity index (χ2n) is 7.60. The van der Waals surface area contributed by atoms with E-state index in [9.17, 15) is 10.1 Å². The molecule has 0 aliphatic heterocycles. The summed E-state index contributed by atoms with van der Waals surface area (Å²) in [6.45, 7) is 0. The second kappa shape index (κ2) is 10.1. The molecule has 0 fully saturated rings. The Labute approximate surface area is 219 Å². The van der Waals surface area contributed by atoms with Crippen molar-refractivity contribution in [2.45, 2.75) is 17.9 Å². The normalized spacial score (nSPS) is 13.7. The molecular weight excluding hydrogens is 523 g/mol. The topological polar surface area (TPSA) is 53.8 Å². The van der Waals surface area contributed by atoms with Gasteiger partial charge in [-0.05, 0) is 71.1 Å². The number of halogens is 2. The van der Waals surface area contributed by atoms with Crippen molar-refractivity contribution in [2.75, 3.05) is 5.75 Å². The van der Waals surface area contributed by atoms with Crippen LogP contribution in [-0.4, -0.2) is 16.5 Å². The number of thiophene rings is 2. The molecule has 8 heteroatoms. The number of thioether (sulfide) groups is 1. The Morgan fingerprint density at radius 3 is 2.68 bits per heavy atom. The number of nitriles is 1. The molecule has 34 heavy (non-hydrogen) atoms. The van der Waals surface area contributed by atoms with Crippen molar-refractivity contribution in [1.82, 2.24) is 4.98 Å². The van der Waals surface area contributed by atoms with Gasteiger partial charge in [0.2, 0.25) is 0 Å². The molecule has 3 aromatic heterocycles. The summed E-state index contributed by atoms with van der Waals surface area (Å²) in [4.78, 5) is 20.1. The number of fused-ring (bicyclic) bond motifs is 1. The number of rotatable bonds is 6. The van der Waals surface area contributed by atoms with Crippen LogP contribution in [0.3, 0.4) is 0 Å². The first-order valence-corrected chi connectivity index (χ1v) is 13.9. The van der Waals surface area contributed by atoms with Crippen molar-refractivity contribution in [3.63, 3.8) is 0 Å². The summed E-state index contributed by atoms with van der Waals surface area (Å²) in [5.41, 5.74) is 5.08. The zero-order chi connectivity index (χ0) is 23.7. The second-order valence-corrected chi connectivity index (χ2v) is 11.3. The highest BCUT2D eigenvalue weighted by Gasteiger charge is 2.28. The smallest absolute Gasteiger partial charge is 0.174 e. The molecular formula is C26H16Cl2N2OS3. The molecule has 0 bridgehead atoms. The van der Waals surface area contributed by atoms with E-state index in [0.717, 1.165) is 40.1 Å². The standard InChI is InChI=1S/C26H16Cl2N2OS3/c27-16-6-8-18(21(28)12-16)22(31)14-34-26-20(13-29)24(23-4-2-10-33-23)19-7-5-15(25(19)30-26)11-17-3-1-9-32-17/h1-4,6,8-12H,5,7,14H2/b15-11-. The van der Waals surface area contributed by atoms with Crippen LogP contribution in [-0.2, 0) is 6.42 Å². The molecule has 0 spiro atoms. The minimum atomic E-state index is -0.134. The van der Waals surface area contributed by atoms with Crippen LogP contribution in [0.2, 0.25) is 10.0 Å². The van der Waals surface area contributed by atoms with Crippen LogP contribution >= 0.6 is 57.6 Å². The lowest BCUT2D eigenvalue weighted by Gasteiger charge is -2.13. The van der Waals surface area contributed by atoms with Gasteiger partial charge in [0.1, 0.15) is 11.1 Å². The number of benzene rings is 1. The molecule has 3 heterocycles. The molecule has 0 N–H and O–H groups in total. The number of Topliss-reactive ketones (excluding diaryl/α,β-unsaturated/α-hetero) is 1. The minimum Gasteiger partial charge on any atom is -0.293 e. The fourth-order valence-corrected chi connectivity index (χ4v) is 6.87. The Morgan fingerprint density at radius 2 is 1.97 bits per heavy atom. The van der Waals surface area contributed by atoms with Gasteiger partial charge < -0.3 is 0 Å². The number of carbonyl (C=O) groups excluding carboxylic acids is 1. The lowest BCUT2D eigenvalue weighted by Crippen LogP contribution is -2.05. The first kappa shape index (κ1) is 23.3. The van der Waals surface area contributed by atoms with E-state index in [1.807, 2.05) is 23.6 Å². The molecule has 1 aliphatic rings. The predicted octanol–water partition coefficient (Wildman–Crippen LogP) is 8.51. The minimum absolute atomic E-state index is 0.121. The fraction of sp³-hybridized carbons (Fsp3) is 0.115. The summed E-state index contributed by atoms with van der Waals surface area (Å²) in [6, 6.07) is 15.4. The zero-order valence-electron chi connectivity index (χ0n) is 17.7. The average molecular weight is 540 g/mol. The van der Waals surface area contributed by atoms with Crippen LogP contribution in [0.25, 0.3) is 22.1 Å². The third-order valence-electron chi connectivity index (χ3n) is 5.52. The van der Waals surface area contributed by atoms with Gasteiger partial charge in [-0.1, -0.05) is 47.1 Å². The molecule has 0 atom stereocenters. The molecule has 5 rings (SSSR count). The van der Waals surface area contributed by atoms with E-state index in [0.29, 0.717) is 26.2 Å². The number of carbonyl (C=O) groups is 1. The molecule has 0 saturated carbocycles. The van der Waals surface area contributed by atoms with Crippen molar-refractivity contribution >= 4 is 75.1 Å². The fourth-order valence-electron chi connectivity index (χ4n) is 4.00. The highest BCUT2D eigenvalue weighted by Crippen LogP contribution is 2.44. The maximum absolute atomic E-state index is 12.9. The Balaban J connectivity index is 1.56. The lowest BCUT2D eigenvalue weighted by molar-refractivity contribution is 0.102. The van der Waals surface area contributed by atoms with Gasteiger partial charge in [0, 0.05) is 25.9 Å². The number of pyridine rings is 1. The van der Waals surface area contributed by atoms with E-state index in [2.05, 4.69) is 23.6 Å². The molecule has 1 aromatic carbocycles. The molecule has 168 valence electrons. The maximum atomic E-state index is 12.9. The van der Waals surface area contributed by atoms with Gasteiger partial charge in [-0.3, -0.25) is 4.79 Å². The van der Waals surface area contributed by atoms with Crippen molar-refractivity contribution in [3.8, 4) is 16.5 Å². The van der Waals surface area contributed by atoms with Gasteiger partial charge in [-0.2, -0.15) is 5.26 Å². The predicted molar refractivity (Wildman–Crippen MR) is 144 cm³/mol. The van der Waals surface area contributed by atoms with Crippen LogP contribution < -0.4 is 0 Å². The molecule has 1 aliphatic carbocycles. The number of nitrogens with zero attached hydrogens (tertiary/aromatic N) is 2. The first-order valence-electron chi connectivity index (χ1n) is 10.4. The Morgan fingerprint density at radius 1 is 1.15 bits per heavy atom. The van der Waals surface area contributed by atoms with E-state index in [-0.39, 0.29) is 11.5 Å². The van der Waals surface area contributed by atoms with Crippen LogP contribution in [0.1, 0.15) is 38.5 Å². The van der Waals surface area contributed by atoms with Gasteiger partial charge >= 0.3 is 0 Å². The maximum Gasteiger partial charge on any atom is 0.174 e. The summed E-state index contributed by atoms with van der Waals surface area (Å²) in [6.07, 6.45) is 3.89. The number of ketones is 1. The summed E-state index contributed by atoms with van der Waals surface area (Å²) in [5.74, 6) is -0.0137. The monoisotopic (exact) mass is 538 g/mol. The van der Waals surface area contributed by atoms with Crippen LogP contribution in [0.15, 0.2) is 58.3 Å². The molecule has 4 aromatic rings. The third-order valence-corrected chi connectivity index (χ3v) is 8.75. The largest absolute Gasteiger partial charge is 0.293 e. The van der Waals surface area contributed by atoms with Gasteiger partial charge in [0.15, 0.2) is 5.78 Å². The lowest BCUT2D eigenvalue weighted by atomic mass is 10.0. The number of hydrogen-bond acceptors (Lipinski definition) is 6. The summed E-state index contributed by atoms with van der Waals surface area (Å²) < 4.78 is 0. The highest BCUT2D eigenvalue weighted by atomic mass is 35.5. The average Bonchev–Trinajstić information content (AvgIpc) is 3.60. The van der Waals surface area contributed by atoms with E-state index in [4.69, 9.17) is 28.2 Å². The third kappa shape index (κ3) is 4.59. The van der Waals surface area contributed by atoms with Crippen molar-refractivity contribution in [2.24, 2.45) is 0 Å². The number of allylic oxidation sites excluding steroid dienone is 1. The van der Waals surface area contributed by atoms with Gasteiger partial charge in [-0.15, -0.1) is 22.7 Å². The summed E-state index contributed by atoms with van der Waals surface area (Å²) >= 11 is 16.8. The Bertz CT molecular complexity index is 1450. The summed E-state index contributed by atoms with van der Waals surface area (Å²) in [5, 5.41) is 15.6. The molecule has 0 unspecified atom stereocenters. The van der Waals surface area contributed by atoms with Crippen LogP contribution in [0.4, 0.5) is 0 Å². The van der Waals surface area contributed by atoms with E-state index >= 15 is 0 Å². The summed E-state index contributed by atoms with van der Waals surface area (Å²) in [7, 11) is 0. The zero-order valence-corrected chi connectivity index (χ0v) is 21.6. The molecule has 0 saturated heterocycles. The quantitative estimate of drug-likeness (QED) is 0.182. The van der Waals surface area contributed by atoms with E-state index < -0.39 is 0 Å². The van der Waals surface area contributed by atoms with Gasteiger partial charge in [0.05, 0.1) is 22.0 Å². The SMILES string of the molecule is N#Cc1c(SCC(=O)c2ccc(Cl)cc2Cl)nc2c(c1-c1cccs1)CC/C2=C/c1cccs1. The van der Waals surface area contributed by atoms with Crippen LogP contribution in [0, 0.1) is 11.3 Å². The number of hydrogen-bond donors (Lipinski definition) is 0. The van der Waals surface area contributed by atoms with E-state index in [1.165, 1.54) is 16.6 Å². The highest BCUT2D eigenvalue weighted by molar-refractivity contribution is 8.00. The Hall–Kier alpha value is -2.40. The number of aromatic nitrogens is 1. The van der Waals surface area contributed by atoms with Gasteiger partial charge in [-0.25, -0.2) is 4.98 Å². The first-order chi connectivity index (χ1) is 16.5. The van der Waals surface area contributed by atoms with Gasteiger partial charge in [0.25, 0.3) is 0 Å². The molecule has 0 amide bonds. The molecule has 0 radical (unpaired) electrons.